The summed E-state index contributed by atoms with van der Waals surface area (Å²) in [6.07, 6.45) is 4.68. The summed E-state index contributed by atoms with van der Waals surface area (Å²) in [5.74, 6) is -0.828. The molecule has 1 aromatic heterocycles. The number of hydrogen-bond acceptors (Lipinski definition) is 6. The topological polar surface area (TPSA) is 114 Å². The van der Waals surface area contributed by atoms with E-state index < -0.39 is 21.6 Å². The molecule has 0 amide bonds. The zero-order chi connectivity index (χ0) is 26.3. The predicted octanol–water partition coefficient (Wildman–Crippen LogP) is 6.29. The van der Waals surface area contributed by atoms with Crippen LogP contribution in [0.2, 0.25) is 10.0 Å². The van der Waals surface area contributed by atoms with E-state index in [4.69, 9.17) is 27.6 Å². The van der Waals surface area contributed by atoms with Crippen molar-refractivity contribution in [1.82, 2.24) is 0 Å². The van der Waals surface area contributed by atoms with Crippen LogP contribution in [-0.4, -0.2) is 19.3 Å². The fraction of sp³-hybridized carbons (Fsp3) is 0.333. The molecule has 10 heteroatoms. The van der Waals surface area contributed by atoms with Gasteiger partial charge in [0.15, 0.2) is 5.78 Å². The maximum Gasteiger partial charge on any atom is 0.343 e. The molecular weight excluding hydrogens is 537 g/mol. The van der Waals surface area contributed by atoms with E-state index in [1.165, 1.54) is 12.1 Å². The first-order valence-corrected chi connectivity index (χ1v) is 14.4. The average Bonchev–Trinajstić information content (AvgIpc) is 3.64. The molecule has 2 aliphatic carbocycles. The third-order valence-corrected chi connectivity index (χ3v) is 9.22. The lowest BCUT2D eigenvalue weighted by Crippen LogP contribution is -2.21. The van der Waals surface area contributed by atoms with E-state index in [1.54, 1.807) is 30.3 Å². The van der Waals surface area contributed by atoms with E-state index in [-0.39, 0.29) is 61.4 Å². The maximum atomic E-state index is 13.2. The number of carbonyl (C=O) groups excluding carboxylic acids is 1. The monoisotopic (exact) mass is 561 g/mol. The van der Waals surface area contributed by atoms with Crippen molar-refractivity contribution in [3.05, 3.63) is 85.4 Å². The van der Waals surface area contributed by atoms with E-state index in [0.29, 0.717) is 12.0 Å². The smallest absolute Gasteiger partial charge is 0.343 e. The van der Waals surface area contributed by atoms with Crippen LogP contribution < -0.4 is 10.3 Å². The van der Waals surface area contributed by atoms with Crippen LogP contribution >= 0.6 is 23.2 Å². The minimum absolute atomic E-state index is 0.0139. The minimum Gasteiger partial charge on any atom is -0.506 e. The lowest BCUT2D eigenvalue weighted by atomic mass is 9.85. The van der Waals surface area contributed by atoms with Gasteiger partial charge in [-0.05, 0) is 61.4 Å². The number of sulfonamides is 1. The summed E-state index contributed by atoms with van der Waals surface area (Å²) in [5.41, 5.74) is 0.337. The van der Waals surface area contributed by atoms with Gasteiger partial charge in [-0.1, -0.05) is 47.8 Å². The fourth-order valence-electron chi connectivity index (χ4n) is 5.04. The number of anilines is 1. The normalized spacial score (nSPS) is 17.0. The number of Topliss-reactive ketones (excluding diaryl/α,β-unsaturated/α-hetero) is 1. The van der Waals surface area contributed by atoms with Crippen LogP contribution in [0.4, 0.5) is 5.69 Å². The second-order valence-corrected chi connectivity index (χ2v) is 12.0. The highest BCUT2D eigenvalue weighted by molar-refractivity contribution is 7.93. The van der Waals surface area contributed by atoms with Crippen molar-refractivity contribution in [2.45, 2.75) is 55.8 Å². The number of ketones is 1. The number of halogens is 2. The third kappa shape index (κ3) is 5.15. The Morgan fingerprint density at radius 3 is 2.35 bits per heavy atom. The Labute approximate surface area is 224 Å². The Bertz CT molecular complexity index is 1520. The standard InChI is InChI=1S/C27H25Cl2NO6S/c28-18-8-5-9-19(29)26(18)37(34,35)30-17-7-4-6-16(14-17)22(15-12-13-15)24-25(32)23-20(31)10-2-1-3-11-21(23)36-27(24)33/h4-9,14-15,22,30,32H,1-3,10-13H2. The first-order valence-electron chi connectivity index (χ1n) is 12.2. The number of carbonyl (C=O) groups is 1. The minimum atomic E-state index is -4.12. The molecule has 0 saturated heterocycles. The molecule has 0 spiro atoms. The zero-order valence-corrected chi connectivity index (χ0v) is 22.1. The van der Waals surface area contributed by atoms with Gasteiger partial charge in [0.05, 0.1) is 21.2 Å². The predicted molar refractivity (Wildman–Crippen MR) is 141 cm³/mol. The summed E-state index contributed by atoms with van der Waals surface area (Å²) >= 11 is 12.2. The van der Waals surface area contributed by atoms with E-state index in [2.05, 4.69) is 4.72 Å². The molecule has 194 valence electrons. The van der Waals surface area contributed by atoms with Crippen LogP contribution in [0.5, 0.6) is 5.75 Å². The summed E-state index contributed by atoms with van der Waals surface area (Å²) in [6, 6.07) is 11.0. The molecule has 37 heavy (non-hydrogen) atoms. The molecule has 5 rings (SSSR count). The van der Waals surface area contributed by atoms with E-state index in [0.717, 1.165) is 32.1 Å². The number of aromatic hydroxyl groups is 1. The Morgan fingerprint density at radius 1 is 0.973 bits per heavy atom. The van der Waals surface area contributed by atoms with Crippen LogP contribution in [-0.2, 0) is 16.4 Å². The molecule has 1 fully saturated rings. The summed E-state index contributed by atoms with van der Waals surface area (Å²) in [4.78, 5) is 25.8. The van der Waals surface area contributed by atoms with Gasteiger partial charge in [0, 0.05) is 24.4 Å². The van der Waals surface area contributed by atoms with Crippen molar-refractivity contribution in [2.24, 2.45) is 5.92 Å². The zero-order valence-electron chi connectivity index (χ0n) is 19.8. The van der Waals surface area contributed by atoms with Crippen molar-refractivity contribution in [3.63, 3.8) is 0 Å². The van der Waals surface area contributed by atoms with Crippen LogP contribution in [0.3, 0.4) is 0 Å². The second-order valence-electron chi connectivity index (χ2n) is 9.53. The Balaban J connectivity index is 1.56. The van der Waals surface area contributed by atoms with Gasteiger partial charge in [-0.25, -0.2) is 13.2 Å². The Hall–Kier alpha value is -2.81. The molecule has 0 radical (unpaired) electrons. The number of nitrogens with one attached hydrogen (secondary N) is 1. The number of rotatable bonds is 6. The van der Waals surface area contributed by atoms with Gasteiger partial charge in [-0.15, -0.1) is 0 Å². The van der Waals surface area contributed by atoms with Crippen molar-refractivity contribution in [3.8, 4) is 5.75 Å². The van der Waals surface area contributed by atoms with E-state index in [1.807, 2.05) is 0 Å². The van der Waals surface area contributed by atoms with Gasteiger partial charge in [-0.2, -0.15) is 0 Å². The van der Waals surface area contributed by atoms with E-state index in [9.17, 15) is 23.1 Å². The molecule has 1 atom stereocenters. The number of aryl methyl sites for hydroxylation is 1. The third-order valence-electron chi connectivity index (χ3n) is 6.88. The van der Waals surface area contributed by atoms with Gasteiger partial charge in [0.2, 0.25) is 0 Å². The quantitative estimate of drug-likeness (QED) is 0.365. The number of fused-ring (bicyclic) bond motifs is 1. The molecule has 0 bridgehead atoms. The fourth-order valence-corrected chi connectivity index (χ4v) is 7.23. The van der Waals surface area contributed by atoms with Crippen molar-refractivity contribution in [2.75, 3.05) is 4.72 Å². The van der Waals surface area contributed by atoms with Gasteiger partial charge in [-0.3, -0.25) is 9.52 Å². The summed E-state index contributed by atoms with van der Waals surface area (Å²) in [7, 11) is -4.12. The molecule has 2 aromatic carbocycles. The van der Waals surface area contributed by atoms with Crippen molar-refractivity contribution < 1.29 is 22.7 Å². The van der Waals surface area contributed by atoms with Gasteiger partial charge < -0.3 is 9.52 Å². The summed E-state index contributed by atoms with van der Waals surface area (Å²) < 4.78 is 34.3. The highest BCUT2D eigenvalue weighted by atomic mass is 35.5. The molecule has 2 aliphatic rings. The Kier molecular flexibility index (Phi) is 7.09. The van der Waals surface area contributed by atoms with Crippen LogP contribution in [0.15, 0.2) is 56.6 Å². The second kappa shape index (κ2) is 10.2. The van der Waals surface area contributed by atoms with Crippen LogP contribution in [0.1, 0.15) is 71.7 Å². The highest BCUT2D eigenvalue weighted by Gasteiger charge is 2.39. The molecule has 1 heterocycles. The van der Waals surface area contributed by atoms with Gasteiger partial charge in [0.25, 0.3) is 10.0 Å². The highest BCUT2D eigenvalue weighted by Crippen LogP contribution is 2.49. The number of hydrogen-bond donors (Lipinski definition) is 2. The number of benzene rings is 2. The molecule has 3 aromatic rings. The van der Waals surface area contributed by atoms with Crippen molar-refractivity contribution in [1.29, 1.82) is 0 Å². The average molecular weight is 562 g/mol. The molecule has 2 N–H and O–H groups in total. The van der Waals surface area contributed by atoms with Crippen molar-refractivity contribution >= 4 is 44.7 Å². The lowest BCUT2D eigenvalue weighted by Gasteiger charge is -2.21. The Morgan fingerprint density at radius 2 is 1.65 bits per heavy atom. The maximum absolute atomic E-state index is 13.2. The largest absolute Gasteiger partial charge is 0.506 e. The summed E-state index contributed by atoms with van der Waals surface area (Å²) in [6.45, 7) is 0. The molecule has 7 nitrogen and oxygen atoms in total. The van der Waals surface area contributed by atoms with E-state index >= 15 is 0 Å². The summed E-state index contributed by atoms with van der Waals surface area (Å²) in [5, 5.41) is 11.2. The van der Waals surface area contributed by atoms with Crippen LogP contribution in [0.25, 0.3) is 0 Å². The first-order chi connectivity index (χ1) is 17.7. The lowest BCUT2D eigenvalue weighted by molar-refractivity contribution is 0.0968. The first kappa shape index (κ1) is 25.8. The van der Waals surface area contributed by atoms with Crippen LogP contribution in [0, 0.1) is 5.92 Å². The molecule has 1 unspecified atom stereocenters. The molecular formula is C27H25Cl2NO6S. The van der Waals surface area contributed by atoms with Gasteiger partial charge >= 0.3 is 5.63 Å². The molecule has 1 saturated carbocycles. The van der Waals surface area contributed by atoms with Gasteiger partial charge in [0.1, 0.15) is 16.4 Å². The molecule has 0 aliphatic heterocycles. The SMILES string of the molecule is O=C1CCCCCc2oc(=O)c(C(c3cccc(NS(=O)(=O)c4c(Cl)cccc4Cl)c3)C3CC3)c(O)c21.